The summed E-state index contributed by atoms with van der Waals surface area (Å²) in [5, 5.41) is 9.25. The van der Waals surface area contributed by atoms with Crippen molar-refractivity contribution in [1.82, 2.24) is 4.90 Å². The summed E-state index contributed by atoms with van der Waals surface area (Å²) in [5.74, 6) is -0.133. The molecular formula is C18H31NO4. The maximum atomic E-state index is 12.2. The van der Waals surface area contributed by atoms with Crippen LogP contribution in [-0.4, -0.2) is 40.8 Å². The lowest BCUT2D eigenvalue weighted by Gasteiger charge is -2.34. The van der Waals surface area contributed by atoms with E-state index < -0.39 is 11.6 Å². The molecular weight excluding hydrogens is 294 g/mol. The Morgan fingerprint density at radius 2 is 1.91 bits per heavy atom. The van der Waals surface area contributed by atoms with Gasteiger partial charge < -0.3 is 14.7 Å². The van der Waals surface area contributed by atoms with Crippen molar-refractivity contribution in [3.8, 4) is 0 Å². The summed E-state index contributed by atoms with van der Waals surface area (Å²) in [6, 6.07) is 0. The summed E-state index contributed by atoms with van der Waals surface area (Å²) in [7, 11) is 0. The Morgan fingerprint density at radius 3 is 2.43 bits per heavy atom. The third kappa shape index (κ3) is 4.39. The summed E-state index contributed by atoms with van der Waals surface area (Å²) in [5.41, 5.74) is -0.540. The lowest BCUT2D eigenvalue weighted by molar-refractivity contribution is -0.139. The van der Waals surface area contributed by atoms with Gasteiger partial charge in [-0.2, -0.15) is 0 Å². The molecule has 2 rings (SSSR count). The lowest BCUT2D eigenvalue weighted by Crippen LogP contribution is -2.42. The molecule has 1 saturated carbocycles. The molecule has 1 aliphatic carbocycles. The van der Waals surface area contributed by atoms with Crippen LogP contribution in [0, 0.1) is 23.2 Å². The number of carboxylic acid groups (broad SMARTS) is 1. The first-order valence-corrected chi connectivity index (χ1v) is 8.73. The van der Waals surface area contributed by atoms with Crippen LogP contribution in [0.15, 0.2) is 0 Å². The predicted molar refractivity (Wildman–Crippen MR) is 88.2 cm³/mol. The smallest absolute Gasteiger partial charge is 0.410 e. The minimum atomic E-state index is -0.668. The molecule has 1 N–H and O–H groups in total. The average molecular weight is 325 g/mol. The minimum absolute atomic E-state index is 0.0780. The SMILES string of the molecule is CC(C)(C)OC(=O)N1CCCC(CC[C@@H]2[C@@H](C(=O)O)C2(C)C)C1. The highest BCUT2D eigenvalue weighted by Gasteiger charge is 2.61. The van der Waals surface area contributed by atoms with E-state index in [1.807, 2.05) is 39.5 Å². The highest BCUT2D eigenvalue weighted by atomic mass is 16.6. The van der Waals surface area contributed by atoms with Gasteiger partial charge in [0, 0.05) is 13.1 Å². The van der Waals surface area contributed by atoms with E-state index in [1.54, 1.807) is 0 Å². The van der Waals surface area contributed by atoms with Crippen LogP contribution >= 0.6 is 0 Å². The summed E-state index contributed by atoms with van der Waals surface area (Å²) in [6.45, 7) is 11.2. The summed E-state index contributed by atoms with van der Waals surface area (Å²) >= 11 is 0. The number of hydrogen-bond acceptors (Lipinski definition) is 3. The zero-order valence-electron chi connectivity index (χ0n) is 15.1. The quantitative estimate of drug-likeness (QED) is 0.854. The number of carbonyl (C=O) groups is 2. The van der Waals surface area contributed by atoms with Crippen molar-refractivity contribution in [1.29, 1.82) is 0 Å². The maximum absolute atomic E-state index is 12.2. The number of rotatable bonds is 4. The highest BCUT2D eigenvalue weighted by Crippen LogP contribution is 2.60. The van der Waals surface area contributed by atoms with Crippen LogP contribution in [0.25, 0.3) is 0 Å². The van der Waals surface area contributed by atoms with Gasteiger partial charge >= 0.3 is 12.1 Å². The molecule has 0 aromatic carbocycles. The van der Waals surface area contributed by atoms with Crippen LogP contribution in [0.1, 0.15) is 60.3 Å². The van der Waals surface area contributed by atoms with E-state index in [0.29, 0.717) is 5.92 Å². The molecule has 5 nitrogen and oxygen atoms in total. The molecule has 0 aromatic heterocycles. The Balaban J connectivity index is 1.81. The summed E-state index contributed by atoms with van der Waals surface area (Å²) < 4.78 is 5.45. The van der Waals surface area contributed by atoms with E-state index in [9.17, 15) is 14.7 Å². The third-order valence-electron chi connectivity index (χ3n) is 5.37. The molecule has 2 fully saturated rings. The van der Waals surface area contributed by atoms with Gasteiger partial charge in [-0.1, -0.05) is 13.8 Å². The molecule has 23 heavy (non-hydrogen) atoms. The first kappa shape index (κ1) is 18.1. The van der Waals surface area contributed by atoms with Crippen molar-refractivity contribution >= 4 is 12.1 Å². The molecule has 0 bridgehead atoms. The molecule has 3 atom stereocenters. The Labute approximate surface area is 139 Å². The highest BCUT2D eigenvalue weighted by molar-refractivity contribution is 5.75. The number of ether oxygens (including phenoxy) is 1. The van der Waals surface area contributed by atoms with Gasteiger partial charge in [-0.15, -0.1) is 0 Å². The monoisotopic (exact) mass is 325 g/mol. The van der Waals surface area contributed by atoms with Crippen molar-refractivity contribution in [2.24, 2.45) is 23.2 Å². The fourth-order valence-corrected chi connectivity index (χ4v) is 3.98. The molecule has 0 spiro atoms. The fourth-order valence-electron chi connectivity index (χ4n) is 3.98. The van der Waals surface area contributed by atoms with Gasteiger partial charge in [0.15, 0.2) is 0 Å². The van der Waals surface area contributed by atoms with Crippen LogP contribution in [0.3, 0.4) is 0 Å². The van der Waals surface area contributed by atoms with Crippen molar-refractivity contribution < 1.29 is 19.4 Å². The van der Waals surface area contributed by atoms with E-state index in [2.05, 4.69) is 0 Å². The molecule has 1 amide bonds. The molecule has 132 valence electrons. The van der Waals surface area contributed by atoms with Crippen LogP contribution in [-0.2, 0) is 9.53 Å². The molecule has 1 unspecified atom stereocenters. The number of aliphatic carboxylic acids is 1. The lowest BCUT2D eigenvalue weighted by atomic mass is 9.91. The largest absolute Gasteiger partial charge is 0.481 e. The second kappa shape index (κ2) is 6.33. The van der Waals surface area contributed by atoms with Crippen molar-refractivity contribution in [2.75, 3.05) is 13.1 Å². The first-order chi connectivity index (χ1) is 10.5. The average Bonchev–Trinajstić information content (AvgIpc) is 2.96. The van der Waals surface area contributed by atoms with Gasteiger partial charge in [-0.3, -0.25) is 4.79 Å². The second-order valence-electron chi connectivity index (χ2n) is 8.76. The predicted octanol–water partition coefficient (Wildman–Crippen LogP) is 3.77. The Morgan fingerprint density at radius 1 is 1.26 bits per heavy atom. The first-order valence-electron chi connectivity index (χ1n) is 8.73. The number of carbonyl (C=O) groups excluding carboxylic acids is 1. The van der Waals surface area contributed by atoms with Gasteiger partial charge in [0.2, 0.25) is 0 Å². The number of amides is 1. The Hall–Kier alpha value is -1.26. The van der Waals surface area contributed by atoms with E-state index in [0.717, 1.165) is 38.8 Å². The molecule has 1 saturated heterocycles. The van der Waals surface area contributed by atoms with Gasteiger partial charge in [0.05, 0.1) is 5.92 Å². The van der Waals surface area contributed by atoms with Crippen LogP contribution < -0.4 is 0 Å². The topological polar surface area (TPSA) is 66.8 Å². The number of piperidine rings is 1. The van der Waals surface area contributed by atoms with E-state index in [-0.39, 0.29) is 23.3 Å². The van der Waals surface area contributed by atoms with Crippen LogP contribution in [0.2, 0.25) is 0 Å². The maximum Gasteiger partial charge on any atom is 0.410 e. The molecule has 1 aliphatic heterocycles. The Bertz CT molecular complexity index is 466. The minimum Gasteiger partial charge on any atom is -0.481 e. The van der Waals surface area contributed by atoms with Gasteiger partial charge in [-0.05, 0) is 63.7 Å². The van der Waals surface area contributed by atoms with E-state index >= 15 is 0 Å². The van der Waals surface area contributed by atoms with Crippen molar-refractivity contribution in [3.05, 3.63) is 0 Å². The zero-order chi connectivity index (χ0) is 17.4. The third-order valence-corrected chi connectivity index (χ3v) is 5.37. The van der Waals surface area contributed by atoms with Crippen LogP contribution in [0.5, 0.6) is 0 Å². The van der Waals surface area contributed by atoms with E-state index in [4.69, 9.17) is 4.74 Å². The van der Waals surface area contributed by atoms with Gasteiger partial charge in [0.25, 0.3) is 0 Å². The number of nitrogens with zero attached hydrogens (tertiary/aromatic N) is 1. The normalized spacial score (nSPS) is 30.0. The van der Waals surface area contributed by atoms with Crippen molar-refractivity contribution in [2.45, 2.75) is 65.9 Å². The number of carboxylic acids is 1. The number of hydrogen-bond donors (Lipinski definition) is 1. The zero-order valence-corrected chi connectivity index (χ0v) is 15.1. The standard InChI is InChI=1S/C18H31NO4/c1-17(2,3)23-16(22)19-10-6-7-12(11-19)8-9-13-14(15(20)21)18(13,4)5/h12-14H,6-11H2,1-5H3,(H,20,21)/t12?,13-,14+/m1/s1. The van der Waals surface area contributed by atoms with Gasteiger partial charge in [-0.25, -0.2) is 4.79 Å². The number of likely N-dealkylation sites (tertiary alicyclic amines) is 1. The molecule has 5 heteroatoms. The molecule has 0 radical (unpaired) electrons. The van der Waals surface area contributed by atoms with Gasteiger partial charge in [0.1, 0.15) is 5.60 Å². The molecule has 2 aliphatic rings. The summed E-state index contributed by atoms with van der Waals surface area (Å²) in [4.78, 5) is 25.2. The van der Waals surface area contributed by atoms with E-state index in [1.165, 1.54) is 0 Å². The second-order valence-corrected chi connectivity index (χ2v) is 8.76. The summed E-state index contributed by atoms with van der Waals surface area (Å²) in [6.07, 6.45) is 3.83. The van der Waals surface area contributed by atoms with Crippen LogP contribution in [0.4, 0.5) is 4.79 Å². The van der Waals surface area contributed by atoms with Crippen molar-refractivity contribution in [3.63, 3.8) is 0 Å². The molecule has 1 heterocycles. The molecule has 0 aromatic rings. The fraction of sp³-hybridized carbons (Fsp3) is 0.889. The Kier molecular flexibility index (Phi) is 4.97.